The highest BCUT2D eigenvalue weighted by atomic mass is 16.7. The lowest BCUT2D eigenvalue weighted by molar-refractivity contribution is -0.133. The normalized spacial score (nSPS) is 14.9. The fraction of sp³-hybridized carbons (Fsp3) is 0.346. The molecule has 3 heterocycles. The van der Waals surface area contributed by atoms with Crippen LogP contribution in [-0.4, -0.2) is 60.6 Å². The fourth-order valence-corrected chi connectivity index (χ4v) is 4.26. The van der Waals surface area contributed by atoms with E-state index in [1.165, 1.54) is 16.7 Å². The smallest absolute Gasteiger partial charge is 0.260 e. The molecule has 0 radical (unpaired) electrons. The quantitative estimate of drug-likeness (QED) is 0.577. The van der Waals surface area contributed by atoms with Crippen LogP contribution in [0.25, 0.3) is 11.3 Å². The Hall–Kier alpha value is -3.81. The third kappa shape index (κ3) is 4.48. The molecule has 2 aliphatic heterocycles. The first-order chi connectivity index (χ1) is 16.5. The molecule has 0 unspecified atom stereocenters. The van der Waals surface area contributed by atoms with Gasteiger partial charge in [-0.2, -0.15) is 0 Å². The van der Waals surface area contributed by atoms with Crippen molar-refractivity contribution in [2.75, 3.05) is 44.5 Å². The van der Waals surface area contributed by atoms with Crippen LogP contribution in [-0.2, 0) is 4.79 Å². The first-order valence-corrected chi connectivity index (χ1v) is 11.4. The number of hydrogen-bond donors (Lipinski definition) is 0. The Morgan fingerprint density at radius 3 is 2.41 bits per heavy atom. The molecule has 0 spiro atoms. The minimum atomic E-state index is -0.0380. The van der Waals surface area contributed by atoms with Gasteiger partial charge in [-0.15, -0.1) is 10.2 Å². The van der Waals surface area contributed by atoms with Crippen LogP contribution in [0.4, 0.5) is 5.82 Å². The lowest BCUT2D eigenvalue weighted by Gasteiger charge is -2.35. The Morgan fingerprint density at radius 1 is 0.882 bits per heavy atom. The number of aromatic nitrogens is 2. The van der Waals surface area contributed by atoms with E-state index in [0.29, 0.717) is 43.4 Å². The molecule has 5 rings (SSSR count). The van der Waals surface area contributed by atoms with Crippen molar-refractivity contribution in [3.8, 4) is 28.5 Å². The summed E-state index contributed by atoms with van der Waals surface area (Å²) < 4.78 is 16.3. The van der Waals surface area contributed by atoms with E-state index in [2.05, 4.69) is 48.0 Å². The van der Waals surface area contributed by atoms with E-state index in [4.69, 9.17) is 14.2 Å². The van der Waals surface area contributed by atoms with Gasteiger partial charge in [-0.05, 0) is 67.8 Å². The van der Waals surface area contributed by atoms with Crippen LogP contribution < -0.4 is 19.1 Å². The van der Waals surface area contributed by atoms with E-state index in [0.717, 1.165) is 17.1 Å². The Morgan fingerprint density at radius 2 is 1.65 bits per heavy atom. The fourth-order valence-electron chi connectivity index (χ4n) is 4.26. The topological polar surface area (TPSA) is 77.0 Å². The molecule has 1 amide bonds. The van der Waals surface area contributed by atoms with Gasteiger partial charge >= 0.3 is 0 Å². The van der Waals surface area contributed by atoms with Gasteiger partial charge < -0.3 is 24.0 Å². The molecular formula is C26H28N4O4. The molecule has 1 aromatic heterocycles. The minimum Gasteiger partial charge on any atom is -0.484 e. The second-order valence-electron chi connectivity index (χ2n) is 8.70. The maximum Gasteiger partial charge on any atom is 0.260 e. The summed E-state index contributed by atoms with van der Waals surface area (Å²) in [6.45, 7) is 9.16. The zero-order chi connectivity index (χ0) is 23.7. The monoisotopic (exact) mass is 460 g/mol. The number of fused-ring (bicyclic) bond motifs is 1. The van der Waals surface area contributed by atoms with Crippen LogP contribution in [0.5, 0.6) is 17.2 Å². The SMILES string of the molecule is Cc1cc(C)c(-c2ccc(N3CCN(C(=O)COc4ccc5c(c4)OCO5)CC3)nn2)cc1C. The van der Waals surface area contributed by atoms with Gasteiger partial charge in [0, 0.05) is 37.8 Å². The Kier molecular flexibility index (Phi) is 5.96. The predicted octanol–water partition coefficient (Wildman–Crippen LogP) is 3.53. The molecule has 1 saturated heterocycles. The summed E-state index contributed by atoms with van der Waals surface area (Å²) in [7, 11) is 0. The number of piperazine rings is 1. The molecule has 176 valence electrons. The Balaban J connectivity index is 1.15. The number of aryl methyl sites for hydroxylation is 3. The first kappa shape index (κ1) is 22.0. The highest BCUT2D eigenvalue weighted by molar-refractivity contribution is 5.78. The highest BCUT2D eigenvalue weighted by Crippen LogP contribution is 2.35. The largest absolute Gasteiger partial charge is 0.484 e. The van der Waals surface area contributed by atoms with Crippen molar-refractivity contribution in [3.63, 3.8) is 0 Å². The van der Waals surface area contributed by atoms with E-state index >= 15 is 0 Å². The van der Waals surface area contributed by atoms with Crippen molar-refractivity contribution in [1.82, 2.24) is 15.1 Å². The summed E-state index contributed by atoms with van der Waals surface area (Å²) in [4.78, 5) is 16.6. The van der Waals surface area contributed by atoms with Crippen LogP contribution >= 0.6 is 0 Å². The average Bonchev–Trinajstić information content (AvgIpc) is 3.33. The predicted molar refractivity (Wildman–Crippen MR) is 129 cm³/mol. The number of ether oxygens (including phenoxy) is 3. The van der Waals surface area contributed by atoms with Crippen molar-refractivity contribution in [1.29, 1.82) is 0 Å². The molecule has 34 heavy (non-hydrogen) atoms. The zero-order valence-electron chi connectivity index (χ0n) is 19.7. The number of rotatable bonds is 5. The lowest BCUT2D eigenvalue weighted by atomic mass is 9.99. The van der Waals surface area contributed by atoms with Crippen LogP contribution in [0, 0.1) is 20.8 Å². The second-order valence-corrected chi connectivity index (χ2v) is 8.70. The molecule has 0 atom stereocenters. The van der Waals surface area contributed by atoms with Gasteiger partial charge in [-0.25, -0.2) is 0 Å². The van der Waals surface area contributed by atoms with Gasteiger partial charge in [-0.1, -0.05) is 6.07 Å². The summed E-state index contributed by atoms with van der Waals surface area (Å²) >= 11 is 0. The molecule has 0 saturated carbocycles. The summed E-state index contributed by atoms with van der Waals surface area (Å²) in [6.07, 6.45) is 0. The lowest BCUT2D eigenvalue weighted by Crippen LogP contribution is -2.50. The number of nitrogens with zero attached hydrogens (tertiary/aromatic N) is 4. The van der Waals surface area contributed by atoms with Gasteiger partial charge in [-0.3, -0.25) is 4.79 Å². The van der Waals surface area contributed by atoms with Crippen LogP contribution in [0.1, 0.15) is 16.7 Å². The van der Waals surface area contributed by atoms with Crippen molar-refractivity contribution in [2.45, 2.75) is 20.8 Å². The van der Waals surface area contributed by atoms with Gasteiger partial charge in [0.1, 0.15) is 5.75 Å². The molecule has 1 fully saturated rings. The van der Waals surface area contributed by atoms with Crippen molar-refractivity contribution in [2.24, 2.45) is 0 Å². The Bertz CT molecular complexity index is 1200. The molecule has 0 bridgehead atoms. The van der Waals surface area contributed by atoms with E-state index < -0.39 is 0 Å². The number of carbonyl (C=O) groups is 1. The van der Waals surface area contributed by atoms with Gasteiger partial charge in [0.2, 0.25) is 6.79 Å². The van der Waals surface area contributed by atoms with Crippen molar-refractivity contribution < 1.29 is 19.0 Å². The maximum atomic E-state index is 12.6. The molecule has 2 aliphatic rings. The molecule has 8 heteroatoms. The third-order valence-corrected chi connectivity index (χ3v) is 6.43. The number of amides is 1. The van der Waals surface area contributed by atoms with E-state index in [1.54, 1.807) is 18.2 Å². The number of benzene rings is 2. The second kappa shape index (κ2) is 9.21. The van der Waals surface area contributed by atoms with Crippen molar-refractivity contribution in [3.05, 3.63) is 59.2 Å². The minimum absolute atomic E-state index is 0.0105. The van der Waals surface area contributed by atoms with Crippen LogP contribution in [0.3, 0.4) is 0 Å². The molecule has 2 aromatic carbocycles. The zero-order valence-corrected chi connectivity index (χ0v) is 19.7. The first-order valence-electron chi connectivity index (χ1n) is 11.4. The van der Waals surface area contributed by atoms with E-state index in [-0.39, 0.29) is 19.3 Å². The molecule has 3 aromatic rings. The Labute approximate surface area is 199 Å². The number of hydrogen-bond acceptors (Lipinski definition) is 7. The van der Waals surface area contributed by atoms with Crippen LogP contribution in [0.15, 0.2) is 42.5 Å². The van der Waals surface area contributed by atoms with Crippen LogP contribution in [0.2, 0.25) is 0 Å². The van der Waals surface area contributed by atoms with Gasteiger partial charge in [0.25, 0.3) is 5.91 Å². The van der Waals surface area contributed by atoms with E-state index in [1.807, 2.05) is 17.0 Å². The van der Waals surface area contributed by atoms with E-state index in [9.17, 15) is 4.79 Å². The van der Waals surface area contributed by atoms with Crippen molar-refractivity contribution >= 4 is 11.7 Å². The average molecular weight is 461 g/mol. The molecule has 0 aliphatic carbocycles. The molecule has 0 N–H and O–H groups in total. The number of carbonyl (C=O) groups excluding carboxylic acids is 1. The molecular weight excluding hydrogens is 432 g/mol. The number of anilines is 1. The van der Waals surface area contributed by atoms with Gasteiger partial charge in [0.05, 0.1) is 5.69 Å². The van der Waals surface area contributed by atoms with Gasteiger partial charge in [0.15, 0.2) is 23.9 Å². The standard InChI is InChI=1S/C26H28N4O4/c1-17-12-19(3)21(13-18(17)2)22-5-7-25(28-27-22)29-8-10-30(11-9-29)26(31)15-32-20-4-6-23-24(14-20)34-16-33-23/h4-7,12-14H,8-11,15-16H2,1-3H3. The summed E-state index contributed by atoms with van der Waals surface area (Å²) in [5.41, 5.74) is 5.70. The summed E-state index contributed by atoms with van der Waals surface area (Å²) in [5.74, 6) is 2.71. The summed E-state index contributed by atoms with van der Waals surface area (Å²) in [6, 6.07) is 13.7. The maximum absolute atomic E-state index is 12.6. The molecule has 8 nitrogen and oxygen atoms in total. The summed E-state index contributed by atoms with van der Waals surface area (Å²) in [5, 5.41) is 8.96. The third-order valence-electron chi connectivity index (χ3n) is 6.43. The highest BCUT2D eigenvalue weighted by Gasteiger charge is 2.23.